The number of aliphatic hydroxyl groups is 1. The Morgan fingerprint density at radius 2 is 1.73 bits per heavy atom. The van der Waals surface area contributed by atoms with Gasteiger partial charge in [-0.3, -0.25) is 4.90 Å². The van der Waals surface area contributed by atoms with Crippen LogP contribution >= 0.6 is 34.2 Å². The minimum atomic E-state index is -0.519. The highest BCUT2D eigenvalue weighted by molar-refractivity contribution is 14.1. The number of hydrogen-bond acceptors (Lipinski definition) is 5. The molecule has 3 rings (SSSR count). The molecule has 1 N–H and O–H groups in total. The maximum atomic E-state index is 10.3. The van der Waals surface area contributed by atoms with Gasteiger partial charge in [-0.2, -0.15) is 0 Å². The lowest BCUT2D eigenvalue weighted by atomic mass is 9.78. The minimum absolute atomic E-state index is 0.170. The van der Waals surface area contributed by atoms with E-state index in [9.17, 15) is 5.11 Å². The third-order valence-corrected chi connectivity index (χ3v) is 7.40. The number of aliphatic hydroxyl groups excluding tert-OH is 1. The van der Waals surface area contributed by atoms with E-state index in [0.29, 0.717) is 24.9 Å². The van der Waals surface area contributed by atoms with Crippen LogP contribution in [0.1, 0.15) is 31.9 Å². The monoisotopic (exact) mass is 583 g/mol. The van der Waals surface area contributed by atoms with Gasteiger partial charge in [0.25, 0.3) is 0 Å². The number of β-amino-alcohol motifs (C(OH)–C–C–N with tert-alkyl or cyclic N) is 1. The topological polar surface area (TPSA) is 51.2 Å². The fraction of sp³-hybridized carbons (Fsp3) is 0.538. The van der Waals surface area contributed by atoms with E-state index in [2.05, 4.69) is 72.5 Å². The first-order chi connectivity index (χ1) is 15.8. The minimum Gasteiger partial charge on any atom is -0.492 e. The highest BCUT2D eigenvalue weighted by atomic mass is 123. The molecule has 0 unspecified atom stereocenters. The molecule has 0 amide bonds. The van der Waals surface area contributed by atoms with Crippen LogP contribution in [-0.2, 0) is 10.2 Å². The fourth-order valence-corrected chi connectivity index (χ4v) is 4.50. The SMILES string of the molecule is C[C@@H](CCl)COc1ccc(C(C)(C)c2ccc(OC[C@H](O)CN3CCOCC3)cc2)cc1[123I]. The van der Waals surface area contributed by atoms with Crippen molar-refractivity contribution in [1.29, 1.82) is 0 Å². The second-order valence-electron chi connectivity index (χ2n) is 9.24. The number of nitrogens with zero attached hydrogens (tertiary/aromatic N) is 1. The first kappa shape index (κ1) is 26.5. The highest BCUT2D eigenvalue weighted by Gasteiger charge is 2.24. The lowest BCUT2D eigenvalue weighted by molar-refractivity contribution is 0.00465. The van der Waals surface area contributed by atoms with E-state index in [4.69, 9.17) is 25.8 Å². The molecule has 0 aliphatic carbocycles. The van der Waals surface area contributed by atoms with Crippen LogP contribution in [0.25, 0.3) is 0 Å². The van der Waals surface area contributed by atoms with E-state index in [1.54, 1.807) is 0 Å². The average Bonchev–Trinajstić information content (AvgIpc) is 2.82. The van der Waals surface area contributed by atoms with Crippen molar-refractivity contribution < 1.29 is 19.3 Å². The standard InChI is InChI=1S/C26H35ClINO4/c1-19(15-27)17-33-25-9-6-21(14-24(25)28)26(2,3)20-4-7-23(8-5-20)32-18-22(30)16-29-10-12-31-13-11-29/h4-9,14,19,22,30H,10-13,15-18H2,1-3H3/t19-,22+/m0/s1/i28-4. The van der Waals surface area contributed by atoms with E-state index >= 15 is 0 Å². The van der Waals surface area contributed by atoms with E-state index in [0.717, 1.165) is 41.4 Å². The molecule has 0 spiro atoms. The smallest absolute Gasteiger partial charge is 0.132 e. The lowest BCUT2D eigenvalue weighted by Gasteiger charge is -2.28. The van der Waals surface area contributed by atoms with Crippen molar-refractivity contribution in [2.45, 2.75) is 32.3 Å². The normalized spacial score (nSPS) is 16.9. The van der Waals surface area contributed by atoms with Crippen molar-refractivity contribution in [1.82, 2.24) is 4.90 Å². The number of benzene rings is 2. The van der Waals surface area contributed by atoms with Crippen LogP contribution in [-0.4, -0.2) is 68.1 Å². The summed E-state index contributed by atoms with van der Waals surface area (Å²) in [6, 6.07) is 14.5. The van der Waals surface area contributed by atoms with Gasteiger partial charge in [0.15, 0.2) is 0 Å². The second kappa shape index (κ2) is 12.6. The number of morpholine rings is 1. The summed E-state index contributed by atoms with van der Waals surface area (Å²) in [7, 11) is 0. The Kier molecular flexibility index (Phi) is 10.1. The van der Waals surface area contributed by atoms with Crippen LogP contribution in [0.5, 0.6) is 11.5 Å². The molecular weight excluding hydrogens is 549 g/mol. The number of hydrogen-bond donors (Lipinski definition) is 1. The van der Waals surface area contributed by atoms with Gasteiger partial charge in [0.2, 0.25) is 0 Å². The van der Waals surface area contributed by atoms with Crippen LogP contribution in [0.3, 0.4) is 0 Å². The van der Waals surface area contributed by atoms with Crippen LogP contribution < -0.4 is 9.47 Å². The molecule has 1 fully saturated rings. The Hall–Kier alpha value is -1.06. The van der Waals surface area contributed by atoms with Crippen molar-refractivity contribution in [2.75, 3.05) is 51.9 Å². The highest BCUT2D eigenvalue weighted by Crippen LogP contribution is 2.35. The van der Waals surface area contributed by atoms with Crippen LogP contribution in [0.15, 0.2) is 42.5 Å². The maximum absolute atomic E-state index is 10.3. The third-order valence-electron chi connectivity index (χ3n) is 6.03. The summed E-state index contributed by atoms with van der Waals surface area (Å²) in [5.41, 5.74) is 2.25. The summed E-state index contributed by atoms with van der Waals surface area (Å²) < 4.78 is 18.2. The molecule has 1 heterocycles. The molecule has 1 aliphatic rings. The van der Waals surface area contributed by atoms with Crippen molar-refractivity contribution in [2.24, 2.45) is 5.92 Å². The van der Waals surface area contributed by atoms with E-state index in [-0.39, 0.29) is 12.0 Å². The van der Waals surface area contributed by atoms with E-state index < -0.39 is 6.10 Å². The number of rotatable bonds is 11. The zero-order chi connectivity index (χ0) is 23.8. The Bertz CT molecular complexity index is 871. The Morgan fingerprint density at radius 3 is 2.36 bits per heavy atom. The van der Waals surface area contributed by atoms with Gasteiger partial charge < -0.3 is 19.3 Å². The molecule has 2 atom stereocenters. The largest absolute Gasteiger partial charge is 0.492 e. The molecule has 33 heavy (non-hydrogen) atoms. The van der Waals surface area contributed by atoms with Gasteiger partial charge in [-0.15, -0.1) is 11.6 Å². The zero-order valence-corrected chi connectivity index (χ0v) is 22.6. The number of halogens is 2. The van der Waals surface area contributed by atoms with Crippen LogP contribution in [0, 0.1) is 9.49 Å². The predicted octanol–water partition coefficient (Wildman–Crippen LogP) is 4.94. The quantitative estimate of drug-likeness (QED) is 0.300. The summed E-state index contributed by atoms with van der Waals surface area (Å²) in [6.45, 7) is 11.2. The van der Waals surface area contributed by atoms with Crippen molar-refractivity contribution in [3.05, 3.63) is 57.2 Å². The molecule has 0 radical (unpaired) electrons. The molecule has 0 bridgehead atoms. The summed E-state index contributed by atoms with van der Waals surface area (Å²) in [6.07, 6.45) is -0.519. The predicted molar refractivity (Wildman–Crippen MR) is 142 cm³/mol. The molecular formula is C26H35ClINO4. The Labute approximate surface area is 216 Å². The van der Waals surface area contributed by atoms with E-state index in [1.807, 2.05) is 18.2 Å². The van der Waals surface area contributed by atoms with Gasteiger partial charge in [0.05, 0.1) is 23.4 Å². The molecule has 0 saturated carbocycles. The van der Waals surface area contributed by atoms with Gasteiger partial charge in [-0.1, -0.05) is 39.0 Å². The molecule has 5 nitrogen and oxygen atoms in total. The maximum Gasteiger partial charge on any atom is 0.132 e. The molecule has 0 aromatic heterocycles. The molecule has 1 aliphatic heterocycles. The molecule has 7 heteroatoms. The summed E-state index contributed by atoms with van der Waals surface area (Å²) in [4.78, 5) is 2.21. The molecule has 2 aromatic rings. The van der Waals surface area contributed by atoms with Gasteiger partial charge >= 0.3 is 0 Å². The van der Waals surface area contributed by atoms with Crippen molar-refractivity contribution in [3.8, 4) is 11.5 Å². The Morgan fingerprint density at radius 1 is 1.06 bits per heavy atom. The van der Waals surface area contributed by atoms with Crippen LogP contribution in [0.2, 0.25) is 0 Å². The van der Waals surface area contributed by atoms with Gasteiger partial charge in [0.1, 0.15) is 24.2 Å². The molecule has 1 saturated heterocycles. The van der Waals surface area contributed by atoms with Gasteiger partial charge in [-0.05, 0) is 58.0 Å². The summed E-state index contributed by atoms with van der Waals surface area (Å²) >= 11 is 8.22. The first-order valence-corrected chi connectivity index (χ1v) is 13.1. The fourth-order valence-electron chi connectivity index (χ4n) is 3.74. The second-order valence-corrected chi connectivity index (χ2v) is 10.7. The average molecular weight is 584 g/mol. The molecule has 2 aromatic carbocycles. The zero-order valence-electron chi connectivity index (χ0n) is 19.7. The van der Waals surface area contributed by atoms with Crippen molar-refractivity contribution >= 4 is 34.2 Å². The van der Waals surface area contributed by atoms with E-state index in [1.165, 1.54) is 11.1 Å². The lowest BCUT2D eigenvalue weighted by Crippen LogP contribution is -2.42. The Balaban J connectivity index is 1.57. The van der Waals surface area contributed by atoms with Gasteiger partial charge in [0, 0.05) is 36.8 Å². The first-order valence-electron chi connectivity index (χ1n) is 11.5. The molecule has 182 valence electrons. The van der Waals surface area contributed by atoms with Crippen LogP contribution in [0.4, 0.5) is 0 Å². The number of ether oxygens (including phenoxy) is 3. The third kappa shape index (κ3) is 7.72. The van der Waals surface area contributed by atoms with Gasteiger partial charge in [-0.25, -0.2) is 0 Å². The van der Waals surface area contributed by atoms with Crippen molar-refractivity contribution in [3.63, 3.8) is 0 Å². The summed E-state index contributed by atoms with van der Waals surface area (Å²) in [5.74, 6) is 2.57. The number of alkyl halides is 1. The summed E-state index contributed by atoms with van der Waals surface area (Å²) in [5, 5.41) is 10.3.